The van der Waals surface area contributed by atoms with Crippen LogP contribution in [0.15, 0.2) is 54.6 Å². The van der Waals surface area contributed by atoms with Crippen molar-refractivity contribution in [1.29, 1.82) is 0 Å². The number of benzene rings is 2. The number of hydrogen-bond acceptors (Lipinski definition) is 2. The summed E-state index contributed by atoms with van der Waals surface area (Å²) in [5.74, 6) is -0.650. The van der Waals surface area contributed by atoms with Gasteiger partial charge in [-0.25, -0.2) is 4.39 Å². The lowest BCUT2D eigenvalue weighted by Crippen LogP contribution is -2.51. The van der Waals surface area contributed by atoms with E-state index in [1.165, 1.54) is 18.2 Å². The summed E-state index contributed by atoms with van der Waals surface area (Å²) in [4.78, 5) is 28.9. The average molecular weight is 354 g/mol. The molecule has 5 heteroatoms. The number of carbonyl (C=O) groups is 2. The van der Waals surface area contributed by atoms with Crippen LogP contribution < -0.4 is 0 Å². The molecule has 2 aromatic rings. The molecule has 0 radical (unpaired) electrons. The van der Waals surface area contributed by atoms with Crippen LogP contribution in [0.5, 0.6) is 0 Å². The van der Waals surface area contributed by atoms with Crippen LogP contribution in [0.1, 0.15) is 35.2 Å². The zero-order chi connectivity index (χ0) is 18.5. The molecule has 1 fully saturated rings. The molecule has 1 heterocycles. The van der Waals surface area contributed by atoms with Crippen molar-refractivity contribution < 1.29 is 14.0 Å². The fraction of sp³-hybridized carbons (Fsp3) is 0.333. The Morgan fingerprint density at radius 3 is 2.23 bits per heavy atom. The summed E-state index contributed by atoms with van der Waals surface area (Å²) in [5.41, 5.74) is 1.37. The standard InChI is InChI=1S/C21H23FN2O2/c1-2-19(16-7-4-3-5-8-16)21(26)24-13-11-23(12-14-24)20(25)17-9-6-10-18(22)15-17/h3-10,15,19H,2,11-14H2,1H3. The van der Waals surface area contributed by atoms with E-state index in [1.807, 2.05) is 42.2 Å². The van der Waals surface area contributed by atoms with Crippen LogP contribution in [0.4, 0.5) is 4.39 Å². The van der Waals surface area contributed by atoms with E-state index in [9.17, 15) is 14.0 Å². The lowest BCUT2D eigenvalue weighted by molar-refractivity contribution is -0.134. The van der Waals surface area contributed by atoms with Crippen LogP contribution in [0.2, 0.25) is 0 Å². The monoisotopic (exact) mass is 354 g/mol. The van der Waals surface area contributed by atoms with Crippen molar-refractivity contribution in [3.8, 4) is 0 Å². The second-order valence-corrected chi connectivity index (χ2v) is 6.50. The first kappa shape index (κ1) is 18.1. The predicted octanol–water partition coefficient (Wildman–Crippen LogP) is 3.30. The molecule has 0 spiro atoms. The van der Waals surface area contributed by atoms with E-state index in [0.717, 1.165) is 12.0 Å². The van der Waals surface area contributed by atoms with Crippen molar-refractivity contribution in [2.24, 2.45) is 0 Å². The van der Waals surface area contributed by atoms with Gasteiger partial charge in [0.05, 0.1) is 5.92 Å². The zero-order valence-electron chi connectivity index (χ0n) is 14.9. The summed E-state index contributed by atoms with van der Waals surface area (Å²) < 4.78 is 13.3. The number of piperazine rings is 1. The lowest BCUT2D eigenvalue weighted by Gasteiger charge is -2.36. The first-order chi connectivity index (χ1) is 12.6. The third-order valence-electron chi connectivity index (χ3n) is 4.86. The molecule has 1 saturated heterocycles. The lowest BCUT2D eigenvalue weighted by atomic mass is 9.95. The number of rotatable bonds is 4. The van der Waals surface area contributed by atoms with Gasteiger partial charge in [0.1, 0.15) is 5.82 Å². The Balaban J connectivity index is 1.62. The summed E-state index contributed by atoms with van der Waals surface area (Å²) in [6, 6.07) is 15.5. The van der Waals surface area contributed by atoms with Gasteiger partial charge >= 0.3 is 0 Å². The SMILES string of the molecule is CCC(C(=O)N1CCN(C(=O)c2cccc(F)c2)CC1)c1ccccc1. The van der Waals surface area contributed by atoms with Crippen molar-refractivity contribution in [3.05, 3.63) is 71.5 Å². The maximum absolute atomic E-state index is 13.3. The van der Waals surface area contributed by atoms with E-state index < -0.39 is 5.82 Å². The number of halogens is 1. The largest absolute Gasteiger partial charge is 0.339 e. The Labute approximate surface area is 153 Å². The molecule has 1 aliphatic heterocycles. The van der Waals surface area contributed by atoms with Crippen LogP contribution >= 0.6 is 0 Å². The highest BCUT2D eigenvalue weighted by molar-refractivity contribution is 5.94. The molecule has 0 aliphatic carbocycles. The minimum absolute atomic E-state index is 0.108. The predicted molar refractivity (Wildman–Crippen MR) is 98.4 cm³/mol. The highest BCUT2D eigenvalue weighted by atomic mass is 19.1. The van der Waals surface area contributed by atoms with E-state index in [2.05, 4.69) is 0 Å². The molecule has 1 atom stereocenters. The van der Waals surface area contributed by atoms with Gasteiger partial charge in [0, 0.05) is 31.7 Å². The molecular formula is C21H23FN2O2. The Bertz CT molecular complexity index is 771. The van der Waals surface area contributed by atoms with Crippen LogP contribution in [0.3, 0.4) is 0 Å². The molecular weight excluding hydrogens is 331 g/mol. The minimum Gasteiger partial charge on any atom is -0.339 e. The van der Waals surface area contributed by atoms with Crippen LogP contribution in [-0.2, 0) is 4.79 Å². The molecule has 136 valence electrons. The average Bonchev–Trinajstić information content (AvgIpc) is 2.69. The van der Waals surface area contributed by atoms with Gasteiger partial charge in [-0.15, -0.1) is 0 Å². The third kappa shape index (κ3) is 3.93. The Hall–Kier alpha value is -2.69. The third-order valence-corrected chi connectivity index (χ3v) is 4.86. The van der Waals surface area contributed by atoms with E-state index >= 15 is 0 Å². The maximum Gasteiger partial charge on any atom is 0.254 e. The van der Waals surface area contributed by atoms with Gasteiger partial charge in [-0.2, -0.15) is 0 Å². The van der Waals surface area contributed by atoms with Crippen molar-refractivity contribution in [2.45, 2.75) is 19.3 Å². The van der Waals surface area contributed by atoms with Crippen molar-refractivity contribution in [3.63, 3.8) is 0 Å². The summed E-state index contributed by atoms with van der Waals surface area (Å²) in [6.07, 6.45) is 0.741. The van der Waals surface area contributed by atoms with Gasteiger partial charge in [-0.3, -0.25) is 9.59 Å². The second-order valence-electron chi connectivity index (χ2n) is 6.50. The molecule has 0 N–H and O–H groups in total. The zero-order valence-corrected chi connectivity index (χ0v) is 14.9. The highest BCUT2D eigenvalue weighted by Crippen LogP contribution is 2.23. The number of carbonyl (C=O) groups excluding carboxylic acids is 2. The first-order valence-electron chi connectivity index (χ1n) is 8.98. The molecule has 0 aromatic heterocycles. The molecule has 26 heavy (non-hydrogen) atoms. The first-order valence-corrected chi connectivity index (χ1v) is 8.98. The molecule has 4 nitrogen and oxygen atoms in total. The van der Waals surface area contributed by atoms with Crippen molar-refractivity contribution >= 4 is 11.8 Å². The van der Waals surface area contributed by atoms with Gasteiger partial charge < -0.3 is 9.80 Å². The molecule has 1 unspecified atom stereocenters. The van der Waals surface area contributed by atoms with Gasteiger partial charge in [0.15, 0.2) is 0 Å². The summed E-state index contributed by atoms with van der Waals surface area (Å²) >= 11 is 0. The maximum atomic E-state index is 13.3. The fourth-order valence-electron chi connectivity index (χ4n) is 3.39. The van der Waals surface area contributed by atoms with Gasteiger partial charge in [0.2, 0.25) is 5.91 Å². The summed E-state index contributed by atoms with van der Waals surface area (Å²) in [7, 11) is 0. The number of hydrogen-bond donors (Lipinski definition) is 0. The van der Waals surface area contributed by atoms with Crippen LogP contribution in [0, 0.1) is 5.82 Å². The van der Waals surface area contributed by atoms with Crippen molar-refractivity contribution in [2.75, 3.05) is 26.2 Å². The van der Waals surface area contributed by atoms with Crippen LogP contribution in [-0.4, -0.2) is 47.8 Å². The van der Waals surface area contributed by atoms with Crippen molar-refractivity contribution in [1.82, 2.24) is 9.80 Å². The summed E-state index contributed by atoms with van der Waals surface area (Å²) in [6.45, 7) is 3.95. The molecule has 2 aromatic carbocycles. The minimum atomic E-state index is -0.418. The van der Waals surface area contributed by atoms with Crippen LogP contribution in [0.25, 0.3) is 0 Å². The Morgan fingerprint density at radius 2 is 1.62 bits per heavy atom. The topological polar surface area (TPSA) is 40.6 Å². The summed E-state index contributed by atoms with van der Waals surface area (Å²) in [5, 5.41) is 0. The molecule has 2 amide bonds. The Morgan fingerprint density at radius 1 is 0.962 bits per heavy atom. The highest BCUT2D eigenvalue weighted by Gasteiger charge is 2.29. The molecule has 3 rings (SSSR count). The fourth-order valence-corrected chi connectivity index (χ4v) is 3.39. The van der Waals surface area contributed by atoms with E-state index in [-0.39, 0.29) is 17.7 Å². The van der Waals surface area contributed by atoms with E-state index in [4.69, 9.17) is 0 Å². The van der Waals surface area contributed by atoms with E-state index in [0.29, 0.717) is 31.7 Å². The van der Waals surface area contributed by atoms with E-state index in [1.54, 1.807) is 11.0 Å². The Kier molecular flexibility index (Phi) is 5.66. The molecule has 1 aliphatic rings. The van der Waals surface area contributed by atoms with Gasteiger partial charge in [-0.05, 0) is 30.2 Å². The second kappa shape index (κ2) is 8.13. The number of amides is 2. The molecule has 0 saturated carbocycles. The number of nitrogens with zero attached hydrogens (tertiary/aromatic N) is 2. The quantitative estimate of drug-likeness (QED) is 0.845. The normalized spacial score (nSPS) is 15.6. The molecule has 0 bridgehead atoms. The van der Waals surface area contributed by atoms with Gasteiger partial charge in [0.25, 0.3) is 5.91 Å². The smallest absolute Gasteiger partial charge is 0.254 e. The van der Waals surface area contributed by atoms with Gasteiger partial charge in [-0.1, -0.05) is 43.3 Å².